The number of imidazole rings is 1. The molecule has 3 nitrogen and oxygen atoms in total. The van der Waals surface area contributed by atoms with E-state index in [1.54, 1.807) is 0 Å². The van der Waals surface area contributed by atoms with Crippen molar-refractivity contribution in [3.63, 3.8) is 0 Å². The Labute approximate surface area is 102 Å². The van der Waals surface area contributed by atoms with E-state index in [1.807, 2.05) is 18.2 Å². The zero-order chi connectivity index (χ0) is 12.3. The van der Waals surface area contributed by atoms with Crippen molar-refractivity contribution < 1.29 is 0 Å². The summed E-state index contributed by atoms with van der Waals surface area (Å²) >= 11 is 0. The predicted molar refractivity (Wildman–Crippen MR) is 70.0 cm³/mol. The Balaban J connectivity index is 2.35. The van der Waals surface area contributed by atoms with Gasteiger partial charge in [0.25, 0.3) is 0 Å². The minimum atomic E-state index is 0.162. The quantitative estimate of drug-likeness (QED) is 0.845. The fourth-order valence-corrected chi connectivity index (χ4v) is 2.12. The second-order valence-corrected chi connectivity index (χ2v) is 4.25. The molecule has 0 bridgehead atoms. The molecule has 0 saturated heterocycles. The third kappa shape index (κ3) is 2.39. The fourth-order valence-electron chi connectivity index (χ4n) is 2.12. The van der Waals surface area contributed by atoms with E-state index in [1.165, 1.54) is 5.56 Å². The van der Waals surface area contributed by atoms with Crippen LogP contribution in [0.5, 0.6) is 0 Å². The summed E-state index contributed by atoms with van der Waals surface area (Å²) in [5.74, 6) is 1.14. The molecule has 0 radical (unpaired) electrons. The highest BCUT2D eigenvalue weighted by molar-refractivity contribution is 5.28. The molecule has 1 heterocycles. The highest BCUT2D eigenvalue weighted by atomic mass is 14.9. The van der Waals surface area contributed by atoms with Gasteiger partial charge in [-0.1, -0.05) is 37.3 Å². The second kappa shape index (κ2) is 5.15. The molecule has 1 aromatic heterocycles. The summed E-state index contributed by atoms with van der Waals surface area (Å²) in [5, 5.41) is 0. The van der Waals surface area contributed by atoms with Gasteiger partial charge in [-0.2, -0.15) is 0 Å². The maximum atomic E-state index is 5.88. The molecule has 2 aromatic rings. The van der Waals surface area contributed by atoms with Gasteiger partial charge in [-0.3, -0.25) is 0 Å². The lowest BCUT2D eigenvalue weighted by Crippen LogP contribution is -2.15. The number of benzene rings is 1. The smallest absolute Gasteiger partial charge is 0.115 e. The van der Waals surface area contributed by atoms with E-state index >= 15 is 0 Å². The Morgan fingerprint density at radius 1 is 1.29 bits per heavy atom. The van der Waals surface area contributed by atoms with Gasteiger partial charge in [0.1, 0.15) is 5.82 Å². The van der Waals surface area contributed by atoms with E-state index in [0.29, 0.717) is 6.54 Å². The van der Waals surface area contributed by atoms with Gasteiger partial charge in [0, 0.05) is 12.2 Å². The number of nitrogens with two attached hydrogens (primary N) is 1. The number of nitrogens with one attached hydrogen (secondary N) is 1. The van der Waals surface area contributed by atoms with Crippen LogP contribution in [0.3, 0.4) is 0 Å². The Morgan fingerprint density at radius 3 is 2.53 bits per heavy atom. The van der Waals surface area contributed by atoms with E-state index < -0.39 is 0 Å². The van der Waals surface area contributed by atoms with E-state index in [9.17, 15) is 0 Å². The first-order valence-corrected chi connectivity index (χ1v) is 6.06. The molecule has 90 valence electrons. The number of hydrogen-bond acceptors (Lipinski definition) is 2. The first-order valence-electron chi connectivity index (χ1n) is 6.06. The van der Waals surface area contributed by atoms with E-state index in [-0.39, 0.29) is 5.92 Å². The van der Waals surface area contributed by atoms with Gasteiger partial charge in [0.2, 0.25) is 0 Å². The zero-order valence-electron chi connectivity index (χ0n) is 10.4. The van der Waals surface area contributed by atoms with Gasteiger partial charge in [0.15, 0.2) is 0 Å². The minimum Gasteiger partial charge on any atom is -0.345 e. The molecule has 0 amide bonds. The van der Waals surface area contributed by atoms with Crippen molar-refractivity contribution in [2.45, 2.75) is 26.2 Å². The summed E-state index contributed by atoms with van der Waals surface area (Å²) < 4.78 is 0. The van der Waals surface area contributed by atoms with Crippen LogP contribution in [0.25, 0.3) is 0 Å². The van der Waals surface area contributed by atoms with Crippen molar-refractivity contribution in [1.82, 2.24) is 9.97 Å². The zero-order valence-corrected chi connectivity index (χ0v) is 10.4. The molecule has 1 aromatic carbocycles. The van der Waals surface area contributed by atoms with Crippen LogP contribution in [0.15, 0.2) is 30.3 Å². The Hall–Kier alpha value is -1.61. The molecule has 1 unspecified atom stereocenters. The average molecular weight is 229 g/mol. The monoisotopic (exact) mass is 229 g/mol. The highest BCUT2D eigenvalue weighted by Gasteiger charge is 2.16. The molecule has 2 rings (SSSR count). The largest absolute Gasteiger partial charge is 0.345 e. The molecular weight excluding hydrogens is 210 g/mol. The molecule has 3 N–H and O–H groups in total. The maximum Gasteiger partial charge on any atom is 0.115 e. The minimum absolute atomic E-state index is 0.162. The third-order valence-corrected chi connectivity index (χ3v) is 3.11. The Bertz CT molecular complexity index is 473. The summed E-state index contributed by atoms with van der Waals surface area (Å²) in [4.78, 5) is 7.99. The molecule has 0 aliphatic heterocycles. The number of H-pyrrole nitrogens is 1. The number of nitrogens with zero attached hydrogens (tertiary/aromatic N) is 1. The van der Waals surface area contributed by atoms with Crippen molar-refractivity contribution >= 4 is 0 Å². The van der Waals surface area contributed by atoms with E-state index in [4.69, 9.17) is 5.73 Å². The predicted octanol–water partition coefficient (Wildman–Crippen LogP) is 2.37. The van der Waals surface area contributed by atoms with Crippen LogP contribution in [-0.4, -0.2) is 16.5 Å². The number of aromatic nitrogens is 2. The van der Waals surface area contributed by atoms with Crippen LogP contribution >= 0.6 is 0 Å². The highest BCUT2D eigenvalue weighted by Crippen LogP contribution is 2.22. The average Bonchev–Trinajstić information content (AvgIpc) is 2.73. The van der Waals surface area contributed by atoms with Gasteiger partial charge in [-0.15, -0.1) is 0 Å². The Morgan fingerprint density at radius 2 is 2.00 bits per heavy atom. The van der Waals surface area contributed by atoms with E-state index in [2.05, 4.69) is 35.9 Å². The summed E-state index contributed by atoms with van der Waals surface area (Å²) in [6.45, 7) is 4.75. The summed E-state index contributed by atoms with van der Waals surface area (Å²) in [6.07, 6.45) is 0.953. The summed E-state index contributed by atoms with van der Waals surface area (Å²) in [6, 6.07) is 10.3. The lowest BCUT2D eigenvalue weighted by molar-refractivity contribution is 0.760. The number of aromatic amines is 1. The van der Waals surface area contributed by atoms with Gasteiger partial charge >= 0.3 is 0 Å². The first-order chi connectivity index (χ1) is 8.26. The SMILES string of the molecule is CCc1nc(C(CN)c2ccccc2)[nH]c1C. The molecule has 1 atom stereocenters. The van der Waals surface area contributed by atoms with Crippen LogP contribution in [-0.2, 0) is 6.42 Å². The van der Waals surface area contributed by atoms with Crippen molar-refractivity contribution in [1.29, 1.82) is 0 Å². The third-order valence-electron chi connectivity index (χ3n) is 3.11. The van der Waals surface area contributed by atoms with E-state index in [0.717, 1.165) is 23.6 Å². The Kier molecular flexibility index (Phi) is 3.59. The topological polar surface area (TPSA) is 54.7 Å². The maximum absolute atomic E-state index is 5.88. The molecular formula is C14H19N3. The fraction of sp³-hybridized carbons (Fsp3) is 0.357. The molecule has 0 spiro atoms. The number of hydrogen-bond donors (Lipinski definition) is 2. The van der Waals surface area contributed by atoms with Crippen LogP contribution in [0.1, 0.15) is 35.6 Å². The standard InChI is InChI=1S/C14H19N3/c1-3-13-10(2)16-14(17-13)12(9-15)11-7-5-4-6-8-11/h4-8,12H,3,9,15H2,1-2H3,(H,16,17). The molecule has 0 aliphatic rings. The first kappa shape index (κ1) is 11.9. The molecule has 0 aliphatic carbocycles. The lowest BCUT2D eigenvalue weighted by Gasteiger charge is -2.12. The van der Waals surface area contributed by atoms with Crippen LogP contribution in [0.4, 0.5) is 0 Å². The molecule has 3 heteroatoms. The van der Waals surface area contributed by atoms with Crippen LogP contribution in [0.2, 0.25) is 0 Å². The van der Waals surface area contributed by atoms with Crippen LogP contribution in [0, 0.1) is 6.92 Å². The number of aryl methyl sites for hydroxylation is 2. The lowest BCUT2D eigenvalue weighted by atomic mass is 9.99. The molecule has 0 saturated carbocycles. The summed E-state index contributed by atoms with van der Waals surface area (Å²) in [7, 11) is 0. The van der Waals surface area contributed by atoms with Crippen molar-refractivity contribution in [2.24, 2.45) is 5.73 Å². The second-order valence-electron chi connectivity index (χ2n) is 4.25. The molecule has 0 fully saturated rings. The van der Waals surface area contributed by atoms with Gasteiger partial charge in [0.05, 0.1) is 11.6 Å². The normalized spacial score (nSPS) is 12.6. The van der Waals surface area contributed by atoms with Crippen molar-refractivity contribution in [2.75, 3.05) is 6.54 Å². The number of rotatable bonds is 4. The van der Waals surface area contributed by atoms with Gasteiger partial charge in [-0.25, -0.2) is 4.98 Å². The molecule has 17 heavy (non-hydrogen) atoms. The van der Waals surface area contributed by atoms with Gasteiger partial charge in [-0.05, 0) is 18.9 Å². The van der Waals surface area contributed by atoms with Crippen molar-refractivity contribution in [3.05, 3.63) is 53.1 Å². The van der Waals surface area contributed by atoms with Gasteiger partial charge < -0.3 is 10.7 Å². The summed E-state index contributed by atoms with van der Waals surface area (Å²) in [5.41, 5.74) is 9.38. The van der Waals surface area contributed by atoms with Crippen molar-refractivity contribution in [3.8, 4) is 0 Å². The van der Waals surface area contributed by atoms with Crippen LogP contribution < -0.4 is 5.73 Å².